The van der Waals surface area contributed by atoms with Gasteiger partial charge in [0.05, 0.1) is 5.69 Å². The van der Waals surface area contributed by atoms with E-state index in [4.69, 9.17) is 0 Å². The van der Waals surface area contributed by atoms with Gasteiger partial charge in [-0.25, -0.2) is 4.98 Å². The summed E-state index contributed by atoms with van der Waals surface area (Å²) in [4.78, 5) is 18.5. The van der Waals surface area contributed by atoms with Gasteiger partial charge in [-0.1, -0.05) is 6.42 Å². The second-order valence-electron chi connectivity index (χ2n) is 4.61. The third-order valence-corrected chi connectivity index (χ3v) is 3.00. The van der Waals surface area contributed by atoms with Gasteiger partial charge in [0, 0.05) is 5.56 Å². The van der Waals surface area contributed by atoms with Gasteiger partial charge in [-0.3, -0.25) is 4.79 Å². The summed E-state index contributed by atoms with van der Waals surface area (Å²) in [7, 11) is 0. The Balaban J connectivity index is 2.08. The molecule has 0 atom stereocenters. The number of fused-ring (bicyclic) bond motifs is 1. The van der Waals surface area contributed by atoms with Crippen molar-refractivity contribution in [2.75, 3.05) is 6.61 Å². The molecule has 0 saturated heterocycles. The van der Waals surface area contributed by atoms with E-state index in [2.05, 4.69) is 14.7 Å². The van der Waals surface area contributed by atoms with Crippen molar-refractivity contribution in [3.8, 4) is 0 Å². The molecule has 1 aromatic heterocycles. The minimum atomic E-state index is -4.37. The Morgan fingerprint density at radius 3 is 2.68 bits per heavy atom. The highest BCUT2D eigenvalue weighted by Crippen LogP contribution is 2.17. The molecular weight excluding hydrogens is 261 g/mol. The number of nitrogens with zero attached hydrogens (tertiary/aromatic N) is 1. The first kappa shape index (κ1) is 14.0. The Morgan fingerprint density at radius 1 is 1.21 bits per heavy atom. The maximum absolute atomic E-state index is 11.9. The molecule has 106 valence electrons. The number of aromatic amines is 1. The Labute approximate surface area is 108 Å². The fourth-order valence-corrected chi connectivity index (χ4v) is 2.16. The molecule has 2 rings (SSSR count). The van der Waals surface area contributed by atoms with Gasteiger partial charge in [-0.15, -0.1) is 0 Å². The number of hydrogen-bond donors (Lipinski definition) is 1. The third kappa shape index (κ3) is 4.05. The summed E-state index contributed by atoms with van der Waals surface area (Å²) < 4.78 is 40.3. The predicted molar refractivity (Wildman–Crippen MR) is 61.8 cm³/mol. The summed E-state index contributed by atoms with van der Waals surface area (Å²) in [5.74, 6) is 0.162. The van der Waals surface area contributed by atoms with Crippen LogP contribution < -0.4 is 5.56 Å². The zero-order valence-electron chi connectivity index (χ0n) is 10.3. The van der Waals surface area contributed by atoms with E-state index >= 15 is 0 Å². The number of H-pyrrole nitrogens is 1. The molecule has 0 unspecified atom stereocenters. The molecule has 1 aliphatic carbocycles. The third-order valence-electron chi connectivity index (χ3n) is 3.00. The first-order valence-electron chi connectivity index (χ1n) is 6.21. The van der Waals surface area contributed by atoms with Crippen LogP contribution in [0.5, 0.6) is 0 Å². The van der Waals surface area contributed by atoms with Crippen molar-refractivity contribution in [3.63, 3.8) is 0 Å². The molecular formula is C12H15F3N2O2. The Bertz CT molecular complexity index is 497. The van der Waals surface area contributed by atoms with E-state index in [0.717, 1.165) is 19.3 Å². The van der Waals surface area contributed by atoms with E-state index in [0.29, 0.717) is 24.1 Å². The van der Waals surface area contributed by atoms with Gasteiger partial charge in [0.25, 0.3) is 5.56 Å². The first-order valence-corrected chi connectivity index (χ1v) is 6.21. The molecule has 19 heavy (non-hydrogen) atoms. The van der Waals surface area contributed by atoms with Crippen molar-refractivity contribution in [1.82, 2.24) is 9.97 Å². The lowest BCUT2D eigenvalue weighted by atomic mass is 10.1. The summed E-state index contributed by atoms with van der Waals surface area (Å²) in [5, 5.41) is 0. The molecule has 0 amide bonds. The van der Waals surface area contributed by atoms with Gasteiger partial charge < -0.3 is 9.72 Å². The average Bonchev–Trinajstić information content (AvgIpc) is 2.52. The maximum atomic E-state index is 11.9. The van der Waals surface area contributed by atoms with Crippen molar-refractivity contribution in [3.05, 3.63) is 27.4 Å². The minimum absolute atomic E-state index is 0.162. The number of ether oxygens (including phenoxy) is 1. The molecule has 0 spiro atoms. The standard InChI is InChI=1S/C12H15F3N2O2/c13-12(14,15)7-19-6-10-16-9-5-3-1-2-4-8(9)11(18)17-10/h1-7H2,(H,16,17,18). The zero-order valence-corrected chi connectivity index (χ0v) is 10.3. The second-order valence-corrected chi connectivity index (χ2v) is 4.61. The number of alkyl halides is 3. The van der Waals surface area contributed by atoms with Crippen LogP contribution in [0.25, 0.3) is 0 Å². The molecule has 0 aromatic carbocycles. The highest BCUT2D eigenvalue weighted by molar-refractivity contribution is 5.19. The summed E-state index contributed by atoms with van der Waals surface area (Å²) in [6.45, 7) is -1.67. The summed E-state index contributed by atoms with van der Waals surface area (Å²) in [6.07, 6.45) is -0.0530. The average molecular weight is 276 g/mol. The monoisotopic (exact) mass is 276 g/mol. The van der Waals surface area contributed by atoms with Crippen LogP contribution >= 0.6 is 0 Å². The van der Waals surface area contributed by atoms with Crippen LogP contribution in [0.2, 0.25) is 0 Å². The molecule has 0 aliphatic heterocycles. The van der Waals surface area contributed by atoms with Crippen LogP contribution in [-0.4, -0.2) is 22.8 Å². The molecule has 0 saturated carbocycles. The van der Waals surface area contributed by atoms with E-state index in [1.807, 2.05) is 0 Å². The normalized spacial score (nSPS) is 15.9. The SMILES string of the molecule is O=c1[nH]c(COCC(F)(F)F)nc2c1CCCCC2. The van der Waals surface area contributed by atoms with Crippen LogP contribution in [0.1, 0.15) is 36.3 Å². The van der Waals surface area contributed by atoms with Crippen molar-refractivity contribution in [2.45, 2.75) is 44.9 Å². The van der Waals surface area contributed by atoms with E-state index in [9.17, 15) is 18.0 Å². The molecule has 1 aromatic rings. The van der Waals surface area contributed by atoms with Crippen molar-refractivity contribution >= 4 is 0 Å². The highest BCUT2D eigenvalue weighted by atomic mass is 19.4. The quantitative estimate of drug-likeness (QED) is 0.860. The molecule has 4 nitrogen and oxygen atoms in total. The van der Waals surface area contributed by atoms with Crippen LogP contribution in [0.15, 0.2) is 4.79 Å². The van der Waals surface area contributed by atoms with Crippen LogP contribution in [0.3, 0.4) is 0 Å². The van der Waals surface area contributed by atoms with Crippen LogP contribution in [-0.2, 0) is 24.2 Å². The molecule has 1 heterocycles. The van der Waals surface area contributed by atoms with Crippen LogP contribution in [0.4, 0.5) is 13.2 Å². The molecule has 0 radical (unpaired) electrons. The second kappa shape index (κ2) is 5.73. The lowest BCUT2D eigenvalue weighted by molar-refractivity contribution is -0.177. The van der Waals surface area contributed by atoms with Gasteiger partial charge in [-0.2, -0.15) is 13.2 Å². The number of aromatic nitrogens is 2. The maximum Gasteiger partial charge on any atom is 0.411 e. The summed E-state index contributed by atoms with van der Waals surface area (Å²) in [5.41, 5.74) is 1.11. The Morgan fingerprint density at radius 2 is 1.95 bits per heavy atom. The van der Waals surface area contributed by atoms with Gasteiger partial charge in [0.1, 0.15) is 19.0 Å². The predicted octanol–water partition coefficient (Wildman–Crippen LogP) is 2.12. The zero-order chi connectivity index (χ0) is 13.9. The van der Waals surface area contributed by atoms with E-state index in [-0.39, 0.29) is 18.0 Å². The first-order chi connectivity index (χ1) is 8.96. The van der Waals surface area contributed by atoms with Gasteiger partial charge in [0.2, 0.25) is 0 Å². The van der Waals surface area contributed by atoms with E-state index in [1.165, 1.54) is 0 Å². The molecule has 1 aliphatic rings. The molecule has 7 heteroatoms. The lowest BCUT2D eigenvalue weighted by Gasteiger charge is -2.09. The number of aryl methyl sites for hydroxylation is 1. The van der Waals surface area contributed by atoms with Crippen molar-refractivity contribution < 1.29 is 17.9 Å². The number of rotatable bonds is 3. The molecule has 1 N–H and O–H groups in total. The van der Waals surface area contributed by atoms with Gasteiger partial charge in [0.15, 0.2) is 0 Å². The van der Waals surface area contributed by atoms with Crippen molar-refractivity contribution in [2.24, 2.45) is 0 Å². The van der Waals surface area contributed by atoms with Gasteiger partial charge in [-0.05, 0) is 25.7 Å². The van der Waals surface area contributed by atoms with Crippen molar-refractivity contribution in [1.29, 1.82) is 0 Å². The summed E-state index contributed by atoms with van der Waals surface area (Å²) in [6, 6.07) is 0. The smallest absolute Gasteiger partial charge is 0.364 e. The van der Waals surface area contributed by atoms with E-state index < -0.39 is 12.8 Å². The fraction of sp³-hybridized carbons (Fsp3) is 0.667. The summed E-state index contributed by atoms with van der Waals surface area (Å²) >= 11 is 0. The fourth-order valence-electron chi connectivity index (χ4n) is 2.16. The molecule has 0 bridgehead atoms. The lowest BCUT2D eigenvalue weighted by Crippen LogP contribution is -2.22. The minimum Gasteiger partial charge on any atom is -0.364 e. The Kier molecular flexibility index (Phi) is 4.24. The highest BCUT2D eigenvalue weighted by Gasteiger charge is 2.27. The number of nitrogens with one attached hydrogen (secondary N) is 1. The van der Waals surface area contributed by atoms with E-state index in [1.54, 1.807) is 0 Å². The Hall–Kier alpha value is -1.37. The number of halogens is 3. The van der Waals surface area contributed by atoms with Gasteiger partial charge >= 0.3 is 6.18 Å². The number of hydrogen-bond acceptors (Lipinski definition) is 3. The topological polar surface area (TPSA) is 55.0 Å². The largest absolute Gasteiger partial charge is 0.411 e. The van der Waals surface area contributed by atoms with Crippen LogP contribution in [0, 0.1) is 0 Å². The molecule has 0 fully saturated rings.